The van der Waals surface area contributed by atoms with Crippen LogP contribution in [-0.2, 0) is 0 Å². The third kappa shape index (κ3) is 7.49. The summed E-state index contributed by atoms with van der Waals surface area (Å²) < 4.78 is 35.4. The molecular formula is C64H52F2N2. The van der Waals surface area contributed by atoms with Crippen LogP contribution in [0.5, 0.6) is 0 Å². The summed E-state index contributed by atoms with van der Waals surface area (Å²) in [7, 11) is 0. The molecule has 0 saturated carbocycles. The summed E-state index contributed by atoms with van der Waals surface area (Å²) in [6.07, 6.45) is 37.0. The molecule has 12 rings (SSSR count). The van der Waals surface area contributed by atoms with Crippen LogP contribution in [0.25, 0.3) is 11.1 Å². The zero-order valence-electron chi connectivity index (χ0n) is 37.9. The average molecular weight is 887 g/mol. The summed E-state index contributed by atoms with van der Waals surface area (Å²) in [6.45, 7) is 0. The summed E-state index contributed by atoms with van der Waals surface area (Å²) in [6, 6.07) is 45.1. The number of hydrogen-bond acceptors (Lipinski definition) is 2. The molecule has 0 radical (unpaired) electrons. The fourth-order valence-corrected chi connectivity index (χ4v) is 11.7. The van der Waals surface area contributed by atoms with Crippen LogP contribution in [0.2, 0.25) is 0 Å². The SMILES string of the molecule is FC1=CC(c2ccccc2)CC(C2=CC=CCC2)=C1N(C1=CC=C2C=CC3C4=C2C1CC=C4C=CC3N(c1ccccc1)c1c(F)cc(C2C=CC=CC2)cc1-c1ccccc1)c1ccccc1. The Bertz CT molecular complexity index is 3170. The maximum absolute atomic E-state index is 17.7. The van der Waals surface area contributed by atoms with E-state index in [2.05, 4.69) is 162 Å². The van der Waals surface area contributed by atoms with Gasteiger partial charge in [0.1, 0.15) is 11.6 Å². The van der Waals surface area contributed by atoms with Crippen molar-refractivity contribution in [2.75, 3.05) is 9.80 Å². The number of para-hydroxylation sites is 2. The molecule has 5 aromatic rings. The second-order valence-corrected chi connectivity index (χ2v) is 18.7. The second-order valence-electron chi connectivity index (χ2n) is 18.7. The highest BCUT2D eigenvalue weighted by Crippen LogP contribution is 2.55. The van der Waals surface area contributed by atoms with Crippen molar-refractivity contribution in [2.24, 2.45) is 11.8 Å². The van der Waals surface area contributed by atoms with E-state index in [4.69, 9.17) is 0 Å². The highest BCUT2D eigenvalue weighted by molar-refractivity contribution is 5.85. The molecule has 0 heterocycles. The number of anilines is 3. The lowest BCUT2D eigenvalue weighted by molar-refractivity contribution is 0.566. The first kappa shape index (κ1) is 41.8. The molecule has 7 aliphatic carbocycles. The summed E-state index contributed by atoms with van der Waals surface area (Å²) in [5, 5.41) is 0. The van der Waals surface area contributed by atoms with E-state index >= 15 is 8.78 Å². The minimum atomic E-state index is -0.261. The van der Waals surface area contributed by atoms with E-state index in [1.54, 1.807) is 6.07 Å². The van der Waals surface area contributed by atoms with Gasteiger partial charge in [-0.2, -0.15) is 0 Å². The minimum absolute atomic E-state index is 0.0548. The fraction of sp³-hybridized carbons (Fsp3) is 0.156. The molecule has 0 bridgehead atoms. The molecule has 0 aromatic heterocycles. The van der Waals surface area contributed by atoms with Gasteiger partial charge < -0.3 is 9.80 Å². The first-order chi connectivity index (χ1) is 33.6. The number of halogens is 2. The maximum Gasteiger partial charge on any atom is 0.147 e. The van der Waals surface area contributed by atoms with Gasteiger partial charge in [-0.15, -0.1) is 0 Å². The van der Waals surface area contributed by atoms with Gasteiger partial charge >= 0.3 is 0 Å². The Morgan fingerprint density at radius 3 is 2.06 bits per heavy atom. The molecular weight excluding hydrogens is 835 g/mol. The third-order valence-electron chi connectivity index (χ3n) is 14.8. The number of benzene rings is 5. The van der Waals surface area contributed by atoms with Crippen molar-refractivity contribution in [3.63, 3.8) is 0 Å². The van der Waals surface area contributed by atoms with E-state index in [0.717, 1.165) is 70.6 Å². The van der Waals surface area contributed by atoms with Gasteiger partial charge in [-0.25, -0.2) is 8.78 Å². The topological polar surface area (TPSA) is 6.48 Å². The smallest absolute Gasteiger partial charge is 0.147 e. The third-order valence-corrected chi connectivity index (χ3v) is 14.8. The molecule has 2 nitrogen and oxygen atoms in total. The van der Waals surface area contributed by atoms with E-state index in [-0.39, 0.29) is 41.4 Å². The monoisotopic (exact) mass is 886 g/mol. The largest absolute Gasteiger partial charge is 0.331 e. The molecule has 0 fully saturated rings. The number of nitrogens with zero attached hydrogens (tertiary/aromatic N) is 2. The lowest BCUT2D eigenvalue weighted by Gasteiger charge is -2.47. The highest BCUT2D eigenvalue weighted by Gasteiger charge is 2.44. The first-order valence-electron chi connectivity index (χ1n) is 24.3. The van der Waals surface area contributed by atoms with Crippen LogP contribution in [0.3, 0.4) is 0 Å². The fourth-order valence-electron chi connectivity index (χ4n) is 11.7. The zero-order chi connectivity index (χ0) is 45.6. The van der Waals surface area contributed by atoms with E-state index in [1.165, 1.54) is 27.9 Å². The molecule has 0 amide bonds. The van der Waals surface area contributed by atoms with Gasteiger partial charge in [0, 0.05) is 46.3 Å². The molecule has 5 atom stereocenters. The van der Waals surface area contributed by atoms with Crippen molar-refractivity contribution in [3.05, 3.63) is 292 Å². The normalized spacial score (nSPS) is 23.3. The Morgan fingerprint density at radius 1 is 0.588 bits per heavy atom. The Kier molecular flexibility index (Phi) is 11.0. The van der Waals surface area contributed by atoms with E-state index < -0.39 is 0 Å². The Hall–Kier alpha value is -7.56. The molecule has 332 valence electrons. The molecule has 68 heavy (non-hydrogen) atoms. The predicted molar refractivity (Wildman–Crippen MR) is 276 cm³/mol. The maximum atomic E-state index is 17.7. The predicted octanol–water partition coefficient (Wildman–Crippen LogP) is 16.5. The molecule has 0 spiro atoms. The van der Waals surface area contributed by atoms with Gasteiger partial charge in [-0.3, -0.25) is 0 Å². The summed E-state index contributed by atoms with van der Waals surface area (Å²) in [5.41, 5.74) is 15.2. The van der Waals surface area contributed by atoms with Crippen molar-refractivity contribution >= 4 is 17.1 Å². The van der Waals surface area contributed by atoms with Crippen LogP contribution in [-0.4, -0.2) is 6.04 Å². The quantitative estimate of drug-likeness (QED) is 0.138. The molecule has 7 aliphatic rings. The van der Waals surface area contributed by atoms with Gasteiger partial charge in [0.2, 0.25) is 0 Å². The molecule has 0 saturated heterocycles. The van der Waals surface area contributed by atoms with Gasteiger partial charge in [0.25, 0.3) is 0 Å². The number of rotatable bonds is 10. The van der Waals surface area contributed by atoms with Crippen LogP contribution in [0.15, 0.2) is 275 Å². The molecule has 0 N–H and O–H groups in total. The minimum Gasteiger partial charge on any atom is -0.331 e. The van der Waals surface area contributed by atoms with Gasteiger partial charge in [0.15, 0.2) is 0 Å². The second kappa shape index (κ2) is 17.9. The Morgan fingerprint density at radius 2 is 1.32 bits per heavy atom. The number of hydrogen-bond donors (Lipinski definition) is 0. The zero-order valence-corrected chi connectivity index (χ0v) is 37.9. The molecule has 4 heteroatoms. The van der Waals surface area contributed by atoms with E-state index in [9.17, 15) is 0 Å². The van der Waals surface area contributed by atoms with E-state index in [0.29, 0.717) is 17.8 Å². The summed E-state index contributed by atoms with van der Waals surface area (Å²) in [5.74, 6) is -0.588. The van der Waals surface area contributed by atoms with Crippen molar-refractivity contribution in [1.29, 1.82) is 0 Å². The standard InChI is InChI=1S/C64H52F2N2/c65-57-41-49(43-19-7-1-8-20-43)39-55(45-23-11-3-12-24-45)63(57)67(51-27-15-5-16-28-51)59-37-33-47-32-36-54-60(38-34-48-31-35-53(59)61(47)62(48)54)68(52-29-17-6-18-30-52)64-56(46-25-13-4-14-26-46)40-50(42-58(64)66)44-21-9-2-10-22-44/h1-13,15-19,21-25,27-35,37-39,41-43,50,53-54,59H,14,20,26,36,40H2. The number of allylic oxidation sites excluding steroid dienone is 19. The van der Waals surface area contributed by atoms with Crippen molar-refractivity contribution < 1.29 is 8.78 Å². The lowest BCUT2D eigenvalue weighted by Crippen LogP contribution is -2.42. The van der Waals surface area contributed by atoms with Crippen LogP contribution < -0.4 is 9.80 Å². The Balaban J connectivity index is 1.00. The van der Waals surface area contributed by atoms with Gasteiger partial charge in [-0.05, 0) is 131 Å². The van der Waals surface area contributed by atoms with Crippen LogP contribution in [0, 0.1) is 17.7 Å². The van der Waals surface area contributed by atoms with Crippen molar-refractivity contribution in [2.45, 2.75) is 50.0 Å². The van der Waals surface area contributed by atoms with Crippen LogP contribution in [0.1, 0.15) is 55.1 Å². The molecule has 0 aliphatic heterocycles. The van der Waals surface area contributed by atoms with Gasteiger partial charge in [0.05, 0.1) is 17.4 Å². The van der Waals surface area contributed by atoms with Crippen molar-refractivity contribution in [1.82, 2.24) is 0 Å². The summed E-state index contributed by atoms with van der Waals surface area (Å²) in [4.78, 5) is 4.49. The Labute approximate surface area is 399 Å². The van der Waals surface area contributed by atoms with Crippen LogP contribution in [0.4, 0.5) is 25.8 Å². The van der Waals surface area contributed by atoms with Crippen LogP contribution >= 0.6 is 0 Å². The lowest BCUT2D eigenvalue weighted by atomic mass is 9.65. The van der Waals surface area contributed by atoms with Crippen molar-refractivity contribution in [3.8, 4) is 11.1 Å². The summed E-state index contributed by atoms with van der Waals surface area (Å²) >= 11 is 0. The average Bonchev–Trinajstić information content (AvgIpc) is 3.41. The first-order valence-corrected chi connectivity index (χ1v) is 24.3. The van der Waals surface area contributed by atoms with E-state index in [1.807, 2.05) is 66.7 Å². The molecule has 5 unspecified atom stereocenters. The van der Waals surface area contributed by atoms with Gasteiger partial charge in [-0.1, -0.05) is 176 Å². The highest BCUT2D eigenvalue weighted by atomic mass is 19.1. The molecule has 5 aromatic carbocycles.